The molecule has 0 spiro atoms. The van der Waals surface area contributed by atoms with Gasteiger partial charge in [-0.1, -0.05) is 50.5 Å². The van der Waals surface area contributed by atoms with Crippen LogP contribution in [0.1, 0.15) is 61.1 Å². The van der Waals surface area contributed by atoms with Gasteiger partial charge in [-0.15, -0.1) is 0 Å². The van der Waals surface area contributed by atoms with Crippen molar-refractivity contribution in [2.24, 2.45) is 0 Å². The summed E-state index contributed by atoms with van der Waals surface area (Å²) >= 11 is 0. The summed E-state index contributed by atoms with van der Waals surface area (Å²) in [5, 5.41) is 3.54. The second kappa shape index (κ2) is 10.9. The monoisotopic (exact) mass is 396 g/mol. The third kappa shape index (κ3) is 5.51. The van der Waals surface area contributed by atoms with Gasteiger partial charge in [0.2, 0.25) is 0 Å². The minimum Gasteiger partial charge on any atom is -0.494 e. The lowest BCUT2D eigenvalue weighted by Crippen LogP contribution is -2.43. The van der Waals surface area contributed by atoms with Crippen molar-refractivity contribution >= 4 is 11.6 Å². The number of hydrogen-bond donors (Lipinski definition) is 1. The number of para-hydroxylation sites is 1. The highest BCUT2D eigenvalue weighted by atomic mass is 16.5. The quantitative estimate of drug-likeness (QED) is 0.527. The molecule has 29 heavy (non-hydrogen) atoms. The molecule has 1 N–H and O–H groups in total. The Morgan fingerprint density at radius 2 is 1.86 bits per heavy atom. The van der Waals surface area contributed by atoms with Crippen LogP contribution >= 0.6 is 0 Å². The van der Waals surface area contributed by atoms with Crippen molar-refractivity contribution in [2.75, 3.05) is 32.2 Å². The number of carbonyl (C=O) groups is 1. The number of rotatable bonds is 11. The lowest BCUT2D eigenvalue weighted by atomic mass is 10.0. The number of benzene rings is 2. The van der Waals surface area contributed by atoms with Gasteiger partial charge in [0.05, 0.1) is 12.2 Å². The molecule has 5 nitrogen and oxygen atoms in total. The van der Waals surface area contributed by atoms with E-state index >= 15 is 0 Å². The minimum atomic E-state index is -0.224. The van der Waals surface area contributed by atoms with Crippen molar-refractivity contribution in [3.05, 3.63) is 59.7 Å². The van der Waals surface area contributed by atoms with Crippen LogP contribution in [0.5, 0.6) is 5.75 Å². The fourth-order valence-electron chi connectivity index (χ4n) is 3.66. The lowest BCUT2D eigenvalue weighted by Gasteiger charge is -2.38. The smallest absolute Gasteiger partial charge is 0.257 e. The predicted octanol–water partition coefficient (Wildman–Crippen LogP) is 5.25. The van der Waals surface area contributed by atoms with E-state index in [9.17, 15) is 4.79 Å². The number of anilines is 1. The normalized spacial score (nSPS) is 15.7. The Morgan fingerprint density at radius 3 is 2.69 bits per heavy atom. The molecule has 2 aromatic carbocycles. The number of unbranched alkanes of at least 4 members (excludes halogenated alkanes) is 3. The van der Waals surface area contributed by atoms with Gasteiger partial charge in [-0.2, -0.15) is 0 Å². The van der Waals surface area contributed by atoms with E-state index in [4.69, 9.17) is 9.47 Å². The van der Waals surface area contributed by atoms with E-state index in [1.54, 1.807) is 7.11 Å². The maximum Gasteiger partial charge on any atom is 0.257 e. The summed E-state index contributed by atoms with van der Waals surface area (Å²) < 4.78 is 11.2. The van der Waals surface area contributed by atoms with E-state index in [1.807, 2.05) is 53.4 Å². The van der Waals surface area contributed by atoms with Gasteiger partial charge >= 0.3 is 0 Å². The van der Waals surface area contributed by atoms with Crippen molar-refractivity contribution in [3.8, 4) is 5.75 Å². The first-order valence-electron chi connectivity index (χ1n) is 10.6. The summed E-state index contributed by atoms with van der Waals surface area (Å²) in [5.74, 6) is 0.898. The Labute approximate surface area is 174 Å². The SMILES string of the molecule is CCCCCCOc1cccc(C2Nc3ccccc3C(=O)N2CCCOC)c1. The molecule has 0 bridgehead atoms. The average Bonchev–Trinajstić information content (AvgIpc) is 2.75. The first-order valence-corrected chi connectivity index (χ1v) is 10.6. The number of methoxy groups -OCH3 is 1. The van der Waals surface area contributed by atoms with Crippen LogP contribution in [0.15, 0.2) is 48.5 Å². The zero-order valence-corrected chi connectivity index (χ0v) is 17.5. The highest BCUT2D eigenvalue weighted by Gasteiger charge is 2.32. The Morgan fingerprint density at radius 1 is 1.00 bits per heavy atom. The topological polar surface area (TPSA) is 50.8 Å². The molecule has 1 heterocycles. The van der Waals surface area contributed by atoms with Crippen LogP contribution in [0, 0.1) is 0 Å². The maximum absolute atomic E-state index is 13.2. The summed E-state index contributed by atoms with van der Waals surface area (Å²) in [6.45, 7) is 4.18. The van der Waals surface area contributed by atoms with Crippen LogP contribution in [0.25, 0.3) is 0 Å². The molecular formula is C24H32N2O3. The summed E-state index contributed by atoms with van der Waals surface area (Å²) in [4.78, 5) is 15.1. The van der Waals surface area contributed by atoms with Crippen molar-refractivity contribution < 1.29 is 14.3 Å². The molecule has 1 amide bonds. The molecule has 1 aliphatic rings. The molecule has 156 valence electrons. The molecule has 1 atom stereocenters. The van der Waals surface area contributed by atoms with Crippen molar-refractivity contribution in [2.45, 2.75) is 45.2 Å². The number of ether oxygens (including phenoxy) is 2. The number of nitrogens with one attached hydrogen (secondary N) is 1. The van der Waals surface area contributed by atoms with Gasteiger partial charge < -0.3 is 19.7 Å². The first-order chi connectivity index (χ1) is 14.2. The van der Waals surface area contributed by atoms with E-state index in [2.05, 4.69) is 12.2 Å². The van der Waals surface area contributed by atoms with E-state index in [0.29, 0.717) is 18.7 Å². The third-order valence-corrected chi connectivity index (χ3v) is 5.21. The van der Waals surface area contributed by atoms with Crippen LogP contribution in [-0.2, 0) is 4.74 Å². The van der Waals surface area contributed by atoms with Gasteiger partial charge in [0.1, 0.15) is 11.9 Å². The molecule has 0 fully saturated rings. The molecule has 0 saturated carbocycles. The second-order valence-electron chi connectivity index (χ2n) is 7.42. The van der Waals surface area contributed by atoms with Crippen LogP contribution in [0.3, 0.4) is 0 Å². The fraction of sp³-hybridized carbons (Fsp3) is 0.458. The molecule has 0 aromatic heterocycles. The molecule has 0 saturated heterocycles. The number of amides is 1. The number of hydrogen-bond acceptors (Lipinski definition) is 4. The molecule has 1 aliphatic heterocycles. The highest BCUT2D eigenvalue weighted by molar-refractivity contribution is 6.01. The summed E-state index contributed by atoms with van der Waals surface area (Å²) in [7, 11) is 1.68. The van der Waals surface area contributed by atoms with Crippen LogP contribution in [-0.4, -0.2) is 37.7 Å². The summed E-state index contributed by atoms with van der Waals surface area (Å²) in [5.41, 5.74) is 2.61. The Balaban J connectivity index is 1.77. The van der Waals surface area contributed by atoms with Gasteiger partial charge in [-0.25, -0.2) is 0 Å². The van der Waals surface area contributed by atoms with E-state index in [0.717, 1.165) is 36.4 Å². The van der Waals surface area contributed by atoms with E-state index < -0.39 is 0 Å². The van der Waals surface area contributed by atoms with Crippen LogP contribution < -0.4 is 10.1 Å². The van der Waals surface area contributed by atoms with Crippen molar-refractivity contribution in [3.63, 3.8) is 0 Å². The second-order valence-corrected chi connectivity index (χ2v) is 7.42. The Kier molecular flexibility index (Phi) is 7.94. The summed E-state index contributed by atoms with van der Waals surface area (Å²) in [6.07, 6.45) is 5.28. The van der Waals surface area contributed by atoms with Gasteiger partial charge in [-0.3, -0.25) is 4.79 Å². The largest absolute Gasteiger partial charge is 0.494 e. The zero-order valence-electron chi connectivity index (χ0n) is 17.5. The summed E-state index contributed by atoms with van der Waals surface area (Å²) in [6, 6.07) is 15.8. The average molecular weight is 397 g/mol. The molecule has 1 unspecified atom stereocenters. The highest BCUT2D eigenvalue weighted by Crippen LogP contribution is 2.34. The maximum atomic E-state index is 13.2. The Hall–Kier alpha value is -2.53. The number of nitrogens with zero attached hydrogens (tertiary/aromatic N) is 1. The Bertz CT molecular complexity index is 793. The minimum absolute atomic E-state index is 0.0475. The molecule has 2 aromatic rings. The molecule has 3 rings (SSSR count). The van der Waals surface area contributed by atoms with Crippen LogP contribution in [0.4, 0.5) is 5.69 Å². The molecule has 0 radical (unpaired) electrons. The molecule has 5 heteroatoms. The number of carbonyl (C=O) groups excluding carboxylic acids is 1. The van der Waals surface area contributed by atoms with Crippen molar-refractivity contribution in [1.29, 1.82) is 0 Å². The van der Waals surface area contributed by atoms with E-state index in [-0.39, 0.29) is 12.1 Å². The van der Waals surface area contributed by atoms with Gasteiger partial charge in [0.25, 0.3) is 5.91 Å². The molecule has 0 aliphatic carbocycles. The number of fused-ring (bicyclic) bond motifs is 1. The van der Waals surface area contributed by atoms with Gasteiger partial charge in [0.15, 0.2) is 0 Å². The third-order valence-electron chi connectivity index (χ3n) is 5.21. The predicted molar refractivity (Wildman–Crippen MR) is 116 cm³/mol. The fourth-order valence-corrected chi connectivity index (χ4v) is 3.66. The lowest BCUT2D eigenvalue weighted by molar-refractivity contribution is 0.0660. The van der Waals surface area contributed by atoms with Crippen molar-refractivity contribution in [1.82, 2.24) is 4.90 Å². The first kappa shape index (κ1) is 21.2. The van der Waals surface area contributed by atoms with Gasteiger partial charge in [-0.05, 0) is 42.7 Å². The van der Waals surface area contributed by atoms with Gasteiger partial charge in [0, 0.05) is 25.9 Å². The van der Waals surface area contributed by atoms with Crippen LogP contribution in [0.2, 0.25) is 0 Å². The molecular weight excluding hydrogens is 364 g/mol. The zero-order chi connectivity index (χ0) is 20.5. The van der Waals surface area contributed by atoms with E-state index in [1.165, 1.54) is 19.3 Å². The standard InChI is InChI=1S/C24H32N2O3/c1-3-4-5-8-17-29-20-12-9-11-19(18-20)23-25-22-14-7-6-13-21(22)24(27)26(23)15-10-16-28-2/h6-7,9,11-14,18,23,25H,3-5,8,10,15-17H2,1-2H3.